The van der Waals surface area contributed by atoms with Gasteiger partial charge in [-0.15, -0.1) is 0 Å². The molecule has 3 heteroatoms. The van der Waals surface area contributed by atoms with Gasteiger partial charge in [-0.2, -0.15) is 0 Å². The number of alkyl halides is 1. The van der Waals surface area contributed by atoms with Crippen LogP contribution in [0, 0.1) is 17.8 Å². The fraction of sp³-hybridized carbons (Fsp3) is 0.952. The van der Waals surface area contributed by atoms with Crippen LogP contribution in [0.25, 0.3) is 0 Å². The first kappa shape index (κ1) is 23.9. The van der Waals surface area contributed by atoms with Crippen LogP contribution in [0.2, 0.25) is 0 Å². The average Bonchev–Trinajstić information content (AvgIpc) is 2.51. The molecular weight excluding hydrogens is 364 g/mol. The molecule has 0 saturated carbocycles. The van der Waals surface area contributed by atoms with Crippen molar-refractivity contribution in [2.45, 2.75) is 98.3 Å². The molecule has 0 radical (unpaired) electrons. The SMILES string of the molecule is CC(C)CCCC(C)CCCC(C)CCOC(=O)CCCCCBr. The quantitative estimate of drug-likeness (QED) is 0.155. The van der Waals surface area contributed by atoms with Crippen LogP contribution in [0.1, 0.15) is 98.3 Å². The first-order chi connectivity index (χ1) is 11.5. The molecule has 24 heavy (non-hydrogen) atoms. The normalized spacial score (nSPS) is 13.9. The highest BCUT2D eigenvalue weighted by molar-refractivity contribution is 9.09. The Kier molecular flexibility index (Phi) is 16.4. The van der Waals surface area contributed by atoms with E-state index in [0.29, 0.717) is 18.9 Å². The second-order valence-electron chi connectivity index (χ2n) is 7.97. The first-order valence-electron chi connectivity index (χ1n) is 10.2. The molecule has 0 aliphatic rings. The third-order valence-electron chi connectivity index (χ3n) is 4.76. The molecule has 0 saturated heterocycles. The molecule has 0 rings (SSSR count). The lowest BCUT2D eigenvalue weighted by Crippen LogP contribution is -2.09. The summed E-state index contributed by atoms with van der Waals surface area (Å²) in [5, 5.41) is 1.02. The lowest BCUT2D eigenvalue weighted by molar-refractivity contribution is -0.144. The highest BCUT2D eigenvalue weighted by Gasteiger charge is 2.08. The van der Waals surface area contributed by atoms with E-state index < -0.39 is 0 Å². The van der Waals surface area contributed by atoms with Gasteiger partial charge in [0.1, 0.15) is 0 Å². The predicted molar refractivity (Wildman–Crippen MR) is 109 cm³/mol. The van der Waals surface area contributed by atoms with Gasteiger partial charge < -0.3 is 4.74 Å². The summed E-state index contributed by atoms with van der Waals surface area (Å²) in [5.74, 6) is 2.34. The van der Waals surface area contributed by atoms with Gasteiger partial charge in [-0.05, 0) is 37.0 Å². The van der Waals surface area contributed by atoms with Crippen molar-refractivity contribution in [3.63, 3.8) is 0 Å². The number of rotatable bonds is 16. The van der Waals surface area contributed by atoms with Gasteiger partial charge in [0.25, 0.3) is 0 Å². The summed E-state index contributed by atoms with van der Waals surface area (Å²) >= 11 is 3.41. The molecule has 0 fully saturated rings. The average molecular weight is 405 g/mol. The van der Waals surface area contributed by atoms with E-state index in [0.717, 1.165) is 42.8 Å². The van der Waals surface area contributed by atoms with Gasteiger partial charge in [-0.25, -0.2) is 0 Å². The van der Waals surface area contributed by atoms with Gasteiger partial charge in [0, 0.05) is 11.8 Å². The Morgan fingerprint density at radius 1 is 0.792 bits per heavy atom. The van der Waals surface area contributed by atoms with Crippen LogP contribution >= 0.6 is 15.9 Å². The Bertz CT molecular complexity index is 292. The predicted octanol–water partition coefficient (Wildman–Crippen LogP) is 7.14. The van der Waals surface area contributed by atoms with Crippen LogP contribution in [0.3, 0.4) is 0 Å². The zero-order valence-corrected chi connectivity index (χ0v) is 18.2. The number of hydrogen-bond acceptors (Lipinski definition) is 2. The van der Waals surface area contributed by atoms with Gasteiger partial charge in [0.15, 0.2) is 0 Å². The highest BCUT2D eigenvalue weighted by Crippen LogP contribution is 2.20. The van der Waals surface area contributed by atoms with Crippen LogP contribution in [-0.4, -0.2) is 17.9 Å². The van der Waals surface area contributed by atoms with E-state index >= 15 is 0 Å². The highest BCUT2D eigenvalue weighted by atomic mass is 79.9. The summed E-state index contributed by atoms with van der Waals surface area (Å²) in [6, 6.07) is 0. The minimum atomic E-state index is -0.0180. The number of halogens is 1. The molecule has 0 aromatic heterocycles. The van der Waals surface area contributed by atoms with E-state index in [4.69, 9.17) is 4.74 Å². The number of esters is 1. The molecule has 2 nitrogen and oxygen atoms in total. The zero-order chi connectivity index (χ0) is 18.2. The van der Waals surface area contributed by atoms with Crippen molar-refractivity contribution in [3.8, 4) is 0 Å². The van der Waals surface area contributed by atoms with Crippen molar-refractivity contribution in [1.29, 1.82) is 0 Å². The summed E-state index contributed by atoms with van der Waals surface area (Å²) in [6.45, 7) is 9.89. The first-order valence-corrected chi connectivity index (χ1v) is 11.3. The summed E-state index contributed by atoms with van der Waals surface area (Å²) < 4.78 is 5.35. The number of carbonyl (C=O) groups is 1. The molecule has 0 spiro atoms. The van der Waals surface area contributed by atoms with Crippen molar-refractivity contribution in [3.05, 3.63) is 0 Å². The zero-order valence-electron chi connectivity index (χ0n) is 16.6. The maximum absolute atomic E-state index is 11.6. The molecule has 0 aliphatic heterocycles. The molecule has 0 bridgehead atoms. The van der Waals surface area contributed by atoms with Gasteiger partial charge >= 0.3 is 5.97 Å². The Morgan fingerprint density at radius 3 is 1.96 bits per heavy atom. The molecule has 0 amide bonds. The smallest absolute Gasteiger partial charge is 0.305 e. The summed E-state index contributed by atoms with van der Waals surface area (Å²) in [6.07, 6.45) is 12.8. The Labute approximate surface area is 159 Å². The number of carbonyl (C=O) groups excluding carboxylic acids is 1. The van der Waals surface area contributed by atoms with Gasteiger partial charge in [-0.1, -0.05) is 88.6 Å². The van der Waals surface area contributed by atoms with Crippen molar-refractivity contribution in [1.82, 2.24) is 0 Å². The fourth-order valence-electron chi connectivity index (χ4n) is 2.96. The maximum Gasteiger partial charge on any atom is 0.305 e. The lowest BCUT2D eigenvalue weighted by Gasteiger charge is -2.15. The maximum atomic E-state index is 11.6. The second kappa shape index (κ2) is 16.4. The Balaban J connectivity index is 3.48. The van der Waals surface area contributed by atoms with Crippen LogP contribution in [0.15, 0.2) is 0 Å². The molecule has 0 heterocycles. The standard InChI is InChI=1S/C21H41BrO2/c1-18(2)10-8-11-19(3)12-9-13-20(4)15-17-24-21(23)14-6-5-7-16-22/h18-20H,5-17H2,1-4H3. The van der Waals surface area contributed by atoms with Crippen molar-refractivity contribution < 1.29 is 9.53 Å². The lowest BCUT2D eigenvalue weighted by atomic mass is 9.93. The molecule has 2 atom stereocenters. The summed E-state index contributed by atoms with van der Waals surface area (Å²) in [4.78, 5) is 11.6. The molecule has 144 valence electrons. The van der Waals surface area contributed by atoms with E-state index in [9.17, 15) is 4.79 Å². The van der Waals surface area contributed by atoms with Crippen LogP contribution in [0.4, 0.5) is 0 Å². The third kappa shape index (κ3) is 16.8. The fourth-order valence-corrected chi connectivity index (χ4v) is 3.36. The van der Waals surface area contributed by atoms with Gasteiger partial charge in [0.05, 0.1) is 6.61 Å². The Morgan fingerprint density at radius 2 is 1.38 bits per heavy atom. The van der Waals surface area contributed by atoms with Crippen LogP contribution < -0.4 is 0 Å². The molecule has 2 unspecified atom stereocenters. The molecule has 0 aromatic rings. The van der Waals surface area contributed by atoms with Crippen LogP contribution in [-0.2, 0) is 9.53 Å². The minimum absolute atomic E-state index is 0.0180. The van der Waals surface area contributed by atoms with Gasteiger partial charge in [-0.3, -0.25) is 4.79 Å². The van der Waals surface area contributed by atoms with Crippen molar-refractivity contribution in [2.24, 2.45) is 17.8 Å². The van der Waals surface area contributed by atoms with Gasteiger partial charge in [0.2, 0.25) is 0 Å². The Hall–Kier alpha value is -0.0500. The topological polar surface area (TPSA) is 26.3 Å². The summed E-state index contributed by atoms with van der Waals surface area (Å²) in [5.41, 5.74) is 0. The third-order valence-corrected chi connectivity index (χ3v) is 5.32. The van der Waals surface area contributed by atoms with Crippen molar-refractivity contribution in [2.75, 3.05) is 11.9 Å². The number of ether oxygens (including phenoxy) is 1. The molecule has 0 aromatic carbocycles. The van der Waals surface area contributed by atoms with E-state index in [1.807, 2.05) is 0 Å². The molecular formula is C21H41BrO2. The molecule has 0 aliphatic carbocycles. The second-order valence-corrected chi connectivity index (χ2v) is 8.77. The van der Waals surface area contributed by atoms with E-state index in [1.165, 1.54) is 38.5 Å². The summed E-state index contributed by atoms with van der Waals surface area (Å²) in [7, 11) is 0. The minimum Gasteiger partial charge on any atom is -0.466 e. The largest absolute Gasteiger partial charge is 0.466 e. The van der Waals surface area contributed by atoms with E-state index in [1.54, 1.807) is 0 Å². The van der Waals surface area contributed by atoms with E-state index in [-0.39, 0.29) is 5.97 Å². The van der Waals surface area contributed by atoms with Crippen LogP contribution in [0.5, 0.6) is 0 Å². The molecule has 0 N–H and O–H groups in total. The monoisotopic (exact) mass is 404 g/mol. The van der Waals surface area contributed by atoms with E-state index in [2.05, 4.69) is 43.6 Å². The number of unbranched alkanes of at least 4 members (excludes halogenated alkanes) is 2. The van der Waals surface area contributed by atoms with Crippen molar-refractivity contribution >= 4 is 21.9 Å². The number of hydrogen-bond donors (Lipinski definition) is 0.